The molecular weight excluding hydrogens is 420 g/mol. The lowest BCUT2D eigenvalue weighted by Gasteiger charge is -2.24. The lowest BCUT2D eigenvalue weighted by Crippen LogP contribution is -2.32. The lowest BCUT2D eigenvalue weighted by atomic mass is 10.1. The Labute approximate surface area is 198 Å². The molecule has 0 saturated carbocycles. The first-order valence-corrected chi connectivity index (χ1v) is 11.0. The summed E-state index contributed by atoms with van der Waals surface area (Å²) in [6, 6.07) is 9.76. The lowest BCUT2D eigenvalue weighted by molar-refractivity contribution is 0.278. The molecule has 182 valence electrons. The number of rotatable bonds is 14. The molecule has 2 aromatic carbocycles. The molecule has 2 aromatic rings. The molecule has 0 heterocycles. The van der Waals surface area contributed by atoms with E-state index in [-0.39, 0.29) is 0 Å². The van der Waals surface area contributed by atoms with Crippen molar-refractivity contribution in [2.24, 2.45) is 0 Å². The maximum Gasteiger partial charge on any atom is 0.161 e. The third-order valence-corrected chi connectivity index (χ3v) is 5.34. The van der Waals surface area contributed by atoms with Crippen LogP contribution >= 0.6 is 0 Å². The van der Waals surface area contributed by atoms with Crippen molar-refractivity contribution in [3.8, 4) is 28.7 Å². The fraction of sp³-hybridized carbons (Fsp3) is 0.462. The molecule has 0 aliphatic carbocycles. The van der Waals surface area contributed by atoms with Crippen LogP contribution in [0.3, 0.4) is 0 Å². The van der Waals surface area contributed by atoms with Crippen LogP contribution in [0, 0.1) is 0 Å². The van der Waals surface area contributed by atoms with Gasteiger partial charge in [-0.3, -0.25) is 4.90 Å². The van der Waals surface area contributed by atoms with Gasteiger partial charge in [0.05, 0.1) is 41.1 Å². The molecular formula is C26H38N2O5. The molecule has 7 heteroatoms. The van der Waals surface area contributed by atoms with Crippen LogP contribution in [-0.4, -0.2) is 60.1 Å². The van der Waals surface area contributed by atoms with Gasteiger partial charge in [0.15, 0.2) is 11.5 Å². The minimum absolute atomic E-state index is 0.693. The van der Waals surface area contributed by atoms with Gasteiger partial charge < -0.3 is 29.0 Å². The molecule has 0 spiro atoms. The Morgan fingerprint density at radius 1 is 0.818 bits per heavy atom. The Balaban J connectivity index is 2.08. The third-order valence-electron chi connectivity index (χ3n) is 5.34. The summed E-state index contributed by atoms with van der Waals surface area (Å²) in [5.41, 5.74) is 3.43. The minimum atomic E-state index is 0.693. The molecule has 0 aliphatic rings. The molecule has 0 unspecified atom stereocenters. The number of hydrogen-bond donors (Lipinski definition) is 1. The van der Waals surface area contributed by atoms with Crippen LogP contribution in [-0.2, 0) is 13.1 Å². The summed E-state index contributed by atoms with van der Waals surface area (Å²) >= 11 is 0. The van der Waals surface area contributed by atoms with E-state index in [0.29, 0.717) is 12.3 Å². The summed E-state index contributed by atoms with van der Waals surface area (Å²) in [6.45, 7) is 8.17. The molecule has 0 fully saturated rings. The van der Waals surface area contributed by atoms with Gasteiger partial charge in [-0.15, -0.1) is 0 Å². The fourth-order valence-electron chi connectivity index (χ4n) is 3.46. The highest BCUT2D eigenvalue weighted by Gasteiger charge is 2.16. The standard InChI is InChI=1S/C26H38N2O5/c1-19(2)10-12-28(18-22-24(31-5)15-21(29-3)16-25(22)32-6)13-11-27-17-20-8-9-23(30-4)26(14-20)33-7/h8-10,14-16,27H,11-13,17-18H2,1-7H3. The first-order chi connectivity index (χ1) is 15.9. The van der Waals surface area contributed by atoms with Crippen LogP contribution in [0.1, 0.15) is 25.0 Å². The largest absolute Gasteiger partial charge is 0.496 e. The van der Waals surface area contributed by atoms with Crippen LogP contribution in [0.2, 0.25) is 0 Å². The quantitative estimate of drug-likeness (QED) is 0.335. The second-order valence-corrected chi connectivity index (χ2v) is 7.89. The van der Waals surface area contributed by atoms with E-state index in [9.17, 15) is 0 Å². The molecule has 0 saturated heterocycles. The molecule has 0 aliphatic heterocycles. The number of benzene rings is 2. The van der Waals surface area contributed by atoms with E-state index in [2.05, 4.69) is 30.1 Å². The zero-order chi connectivity index (χ0) is 24.2. The van der Waals surface area contributed by atoms with E-state index in [1.807, 2.05) is 30.3 Å². The fourth-order valence-corrected chi connectivity index (χ4v) is 3.46. The molecule has 0 atom stereocenters. The van der Waals surface area contributed by atoms with Gasteiger partial charge in [0.2, 0.25) is 0 Å². The molecule has 0 radical (unpaired) electrons. The number of methoxy groups -OCH3 is 5. The van der Waals surface area contributed by atoms with Crippen molar-refractivity contribution < 1.29 is 23.7 Å². The van der Waals surface area contributed by atoms with E-state index in [1.165, 1.54) is 5.57 Å². The molecule has 7 nitrogen and oxygen atoms in total. The molecule has 0 amide bonds. The average molecular weight is 459 g/mol. The predicted molar refractivity (Wildman–Crippen MR) is 132 cm³/mol. The van der Waals surface area contributed by atoms with Gasteiger partial charge in [-0.1, -0.05) is 17.7 Å². The number of nitrogens with one attached hydrogen (secondary N) is 1. The first-order valence-electron chi connectivity index (χ1n) is 11.0. The summed E-state index contributed by atoms with van der Waals surface area (Å²) in [5, 5.41) is 3.53. The Morgan fingerprint density at radius 3 is 2.00 bits per heavy atom. The van der Waals surface area contributed by atoms with Crippen molar-refractivity contribution >= 4 is 0 Å². The van der Waals surface area contributed by atoms with Gasteiger partial charge in [-0.25, -0.2) is 0 Å². The zero-order valence-electron chi connectivity index (χ0n) is 21.0. The highest BCUT2D eigenvalue weighted by molar-refractivity contribution is 5.50. The van der Waals surface area contributed by atoms with E-state index in [0.717, 1.165) is 60.3 Å². The highest BCUT2D eigenvalue weighted by atomic mass is 16.5. The van der Waals surface area contributed by atoms with Crippen LogP contribution in [0.5, 0.6) is 28.7 Å². The van der Waals surface area contributed by atoms with Gasteiger partial charge >= 0.3 is 0 Å². The summed E-state index contributed by atoms with van der Waals surface area (Å²) in [7, 11) is 8.27. The number of ether oxygens (including phenoxy) is 5. The van der Waals surface area contributed by atoms with Gasteiger partial charge in [0, 0.05) is 44.9 Å². The summed E-state index contributed by atoms with van der Waals surface area (Å²) in [6.07, 6.45) is 2.23. The van der Waals surface area contributed by atoms with Gasteiger partial charge in [0.25, 0.3) is 0 Å². The Kier molecular flexibility index (Phi) is 10.9. The van der Waals surface area contributed by atoms with Gasteiger partial charge in [-0.05, 0) is 31.5 Å². The number of allylic oxidation sites excluding steroid dienone is 1. The highest BCUT2D eigenvalue weighted by Crippen LogP contribution is 2.35. The van der Waals surface area contributed by atoms with Crippen molar-refractivity contribution in [2.45, 2.75) is 26.9 Å². The molecule has 0 aromatic heterocycles. The smallest absolute Gasteiger partial charge is 0.161 e. The van der Waals surface area contributed by atoms with E-state index < -0.39 is 0 Å². The third kappa shape index (κ3) is 7.87. The summed E-state index contributed by atoms with van der Waals surface area (Å²) in [4.78, 5) is 2.36. The van der Waals surface area contributed by atoms with Crippen molar-refractivity contribution in [3.63, 3.8) is 0 Å². The van der Waals surface area contributed by atoms with E-state index >= 15 is 0 Å². The molecule has 1 N–H and O–H groups in total. The van der Waals surface area contributed by atoms with Crippen LogP contribution in [0.15, 0.2) is 42.0 Å². The molecule has 2 rings (SSSR count). The van der Waals surface area contributed by atoms with Gasteiger partial charge in [0.1, 0.15) is 17.2 Å². The van der Waals surface area contributed by atoms with Crippen LogP contribution in [0.25, 0.3) is 0 Å². The summed E-state index contributed by atoms with van der Waals surface area (Å²) in [5.74, 6) is 3.69. The Hall–Kier alpha value is -2.90. The van der Waals surface area contributed by atoms with Crippen LogP contribution < -0.4 is 29.0 Å². The Morgan fingerprint density at radius 2 is 1.45 bits per heavy atom. The SMILES string of the molecule is COc1cc(OC)c(CN(CC=C(C)C)CCNCc2ccc(OC)c(OC)c2)c(OC)c1. The van der Waals surface area contributed by atoms with Crippen molar-refractivity contribution in [1.29, 1.82) is 0 Å². The maximum absolute atomic E-state index is 5.64. The molecule has 33 heavy (non-hydrogen) atoms. The normalized spacial score (nSPS) is 10.7. The Bertz CT molecular complexity index is 885. The average Bonchev–Trinajstić information content (AvgIpc) is 2.84. The van der Waals surface area contributed by atoms with E-state index in [4.69, 9.17) is 23.7 Å². The van der Waals surface area contributed by atoms with E-state index in [1.54, 1.807) is 35.5 Å². The van der Waals surface area contributed by atoms with Crippen molar-refractivity contribution in [2.75, 3.05) is 55.2 Å². The predicted octanol–water partition coefficient (Wildman–Crippen LogP) is 4.29. The minimum Gasteiger partial charge on any atom is -0.496 e. The second kappa shape index (κ2) is 13.6. The van der Waals surface area contributed by atoms with Crippen LogP contribution in [0.4, 0.5) is 0 Å². The van der Waals surface area contributed by atoms with Crippen molar-refractivity contribution in [3.05, 3.63) is 53.1 Å². The topological polar surface area (TPSA) is 61.4 Å². The molecule has 0 bridgehead atoms. The number of hydrogen-bond acceptors (Lipinski definition) is 7. The second-order valence-electron chi connectivity index (χ2n) is 7.89. The number of nitrogens with zero attached hydrogens (tertiary/aromatic N) is 1. The van der Waals surface area contributed by atoms with Crippen molar-refractivity contribution in [1.82, 2.24) is 10.2 Å². The van der Waals surface area contributed by atoms with Gasteiger partial charge in [-0.2, -0.15) is 0 Å². The first kappa shape index (κ1) is 26.4. The monoisotopic (exact) mass is 458 g/mol. The zero-order valence-corrected chi connectivity index (χ0v) is 21.0. The summed E-state index contributed by atoms with van der Waals surface area (Å²) < 4.78 is 27.4. The maximum atomic E-state index is 5.64.